The summed E-state index contributed by atoms with van der Waals surface area (Å²) in [6.07, 6.45) is -0.957. The molecule has 0 aromatic heterocycles. The lowest BCUT2D eigenvalue weighted by Gasteiger charge is -2.39. The highest BCUT2D eigenvalue weighted by molar-refractivity contribution is 7.73. The summed E-state index contributed by atoms with van der Waals surface area (Å²) in [5.74, 6) is 0.551. The minimum atomic E-state index is -2.84. The molecule has 204 valence electrons. The van der Waals surface area contributed by atoms with Gasteiger partial charge in [-0.1, -0.05) is 42.5 Å². The fraction of sp³-hybridized carbons (Fsp3) is 0.444. The Morgan fingerprint density at radius 1 is 1.21 bits per heavy atom. The highest BCUT2D eigenvalue weighted by atomic mass is 32.2. The molecule has 0 bridgehead atoms. The van der Waals surface area contributed by atoms with E-state index in [-0.39, 0.29) is 24.6 Å². The molecule has 10 nitrogen and oxygen atoms in total. The summed E-state index contributed by atoms with van der Waals surface area (Å²) < 4.78 is 40.9. The van der Waals surface area contributed by atoms with Crippen LogP contribution in [0.4, 0.5) is 4.79 Å². The van der Waals surface area contributed by atoms with Crippen LogP contribution >= 0.6 is 0 Å². The number of rotatable bonds is 12. The summed E-state index contributed by atoms with van der Waals surface area (Å²) in [4.78, 5) is 12.8. The molecule has 38 heavy (non-hydrogen) atoms. The molecule has 1 unspecified atom stereocenters. The molecule has 0 radical (unpaired) electrons. The Morgan fingerprint density at radius 3 is 2.55 bits per heavy atom. The Balaban J connectivity index is 2.06. The number of alkyl carbamates (subject to hydrolysis) is 1. The van der Waals surface area contributed by atoms with Gasteiger partial charge in [0.15, 0.2) is 0 Å². The number of methoxy groups -OCH3 is 1. The van der Waals surface area contributed by atoms with E-state index < -0.39 is 34.1 Å². The normalized spacial score (nSPS) is 17.0. The molecule has 0 aliphatic carbocycles. The van der Waals surface area contributed by atoms with Crippen LogP contribution < -0.4 is 15.4 Å². The van der Waals surface area contributed by atoms with E-state index in [0.29, 0.717) is 43.6 Å². The Hall–Kier alpha value is -3.43. The SMILES string of the molecule is COc1ccc([C@](Cc2ccccc2)(NC(=O)OC2CCOC2)[C@@H](O)C(NCCCCC#N)=S(=O)=O)cc1. The fourth-order valence-electron chi connectivity index (χ4n) is 4.33. The maximum absolute atomic E-state index is 13.2. The van der Waals surface area contributed by atoms with Crippen molar-refractivity contribution < 1.29 is 32.5 Å². The maximum Gasteiger partial charge on any atom is 0.408 e. The van der Waals surface area contributed by atoms with E-state index in [0.717, 1.165) is 5.56 Å². The van der Waals surface area contributed by atoms with Gasteiger partial charge >= 0.3 is 6.09 Å². The zero-order valence-electron chi connectivity index (χ0n) is 21.3. The molecule has 3 atom stereocenters. The van der Waals surface area contributed by atoms with Crippen LogP contribution in [0.5, 0.6) is 5.75 Å². The van der Waals surface area contributed by atoms with Gasteiger partial charge in [-0.2, -0.15) is 13.7 Å². The van der Waals surface area contributed by atoms with Crippen LogP contribution in [0.3, 0.4) is 0 Å². The van der Waals surface area contributed by atoms with Crippen LogP contribution in [-0.4, -0.2) is 63.7 Å². The molecule has 2 aromatic carbocycles. The van der Waals surface area contributed by atoms with Crippen LogP contribution in [0.25, 0.3) is 0 Å². The summed E-state index contributed by atoms with van der Waals surface area (Å²) in [5.41, 5.74) is -0.445. The van der Waals surface area contributed by atoms with E-state index in [1.54, 1.807) is 24.3 Å². The van der Waals surface area contributed by atoms with Gasteiger partial charge in [-0.3, -0.25) is 5.32 Å². The standard InChI is InChI=1S/C27H33N3O7S/c1-35-22-12-10-21(11-13-22)27(18-20-8-4-2-5-9-20,30-26(32)37-23-14-17-36-19-23)24(31)25(38(33)34)29-16-7-3-6-15-28/h2,4-5,8-13,23-24,29,31H,3,6-7,14,16-19H2,1H3,(H,30,32)/t23?,24-,27-/m0/s1. The molecule has 1 aliphatic rings. The van der Waals surface area contributed by atoms with E-state index in [1.807, 2.05) is 36.4 Å². The van der Waals surface area contributed by atoms with Crippen LogP contribution in [0.1, 0.15) is 36.8 Å². The Morgan fingerprint density at radius 2 is 1.95 bits per heavy atom. The predicted molar refractivity (Wildman–Crippen MR) is 141 cm³/mol. The van der Waals surface area contributed by atoms with E-state index in [9.17, 15) is 18.3 Å². The number of carbonyl (C=O) groups is 1. The zero-order chi connectivity index (χ0) is 27.4. The lowest BCUT2D eigenvalue weighted by molar-refractivity contribution is 0.0572. The number of carbonyl (C=O) groups excluding carboxylic acids is 1. The number of ether oxygens (including phenoxy) is 3. The highest BCUT2D eigenvalue weighted by Crippen LogP contribution is 2.32. The van der Waals surface area contributed by atoms with Crippen molar-refractivity contribution in [3.05, 3.63) is 65.7 Å². The number of hydrogen-bond acceptors (Lipinski definition) is 8. The first kappa shape index (κ1) is 29.1. The number of benzene rings is 2. The molecular formula is C27H33N3O7S. The highest BCUT2D eigenvalue weighted by Gasteiger charge is 2.45. The lowest BCUT2D eigenvalue weighted by atomic mass is 9.78. The van der Waals surface area contributed by atoms with Crippen LogP contribution in [-0.2, 0) is 31.7 Å². The van der Waals surface area contributed by atoms with E-state index in [4.69, 9.17) is 19.5 Å². The maximum atomic E-state index is 13.2. The molecule has 11 heteroatoms. The smallest absolute Gasteiger partial charge is 0.408 e. The first-order chi connectivity index (χ1) is 18.4. The van der Waals surface area contributed by atoms with E-state index in [2.05, 4.69) is 10.6 Å². The number of amides is 1. The van der Waals surface area contributed by atoms with Gasteiger partial charge in [0.2, 0.25) is 10.3 Å². The van der Waals surface area contributed by atoms with Crippen LogP contribution in [0.2, 0.25) is 0 Å². The second-order valence-corrected chi connectivity index (χ2v) is 9.83. The lowest BCUT2D eigenvalue weighted by Crippen LogP contribution is -2.61. The van der Waals surface area contributed by atoms with Crippen LogP contribution in [0.15, 0.2) is 54.6 Å². The third-order valence-corrected chi connectivity index (χ3v) is 7.05. The van der Waals surface area contributed by atoms with Crippen molar-refractivity contribution in [2.45, 2.75) is 49.9 Å². The average molecular weight is 544 g/mol. The third kappa shape index (κ3) is 7.79. The van der Waals surface area contributed by atoms with Crippen molar-refractivity contribution in [3.8, 4) is 11.8 Å². The average Bonchev–Trinajstić information content (AvgIpc) is 3.43. The van der Waals surface area contributed by atoms with Gasteiger partial charge in [0, 0.05) is 25.8 Å². The summed E-state index contributed by atoms with van der Waals surface area (Å²) in [6.45, 7) is 0.948. The van der Waals surface area contributed by atoms with Gasteiger partial charge in [-0.15, -0.1) is 0 Å². The van der Waals surface area contributed by atoms with Gasteiger partial charge in [0.25, 0.3) is 0 Å². The first-order valence-corrected chi connectivity index (χ1v) is 13.5. The fourth-order valence-corrected chi connectivity index (χ4v) is 4.93. The van der Waals surface area contributed by atoms with Crippen molar-refractivity contribution in [2.75, 3.05) is 26.9 Å². The molecule has 1 amide bonds. The molecule has 3 N–H and O–H groups in total. The van der Waals surface area contributed by atoms with Crippen molar-refractivity contribution in [2.24, 2.45) is 0 Å². The molecule has 3 rings (SSSR count). The Bertz CT molecular complexity index is 1220. The second-order valence-electron chi connectivity index (χ2n) is 8.92. The molecule has 1 aliphatic heterocycles. The van der Waals surface area contributed by atoms with Crippen molar-refractivity contribution in [1.29, 1.82) is 5.26 Å². The minimum absolute atomic E-state index is 0.0500. The third-order valence-electron chi connectivity index (χ3n) is 6.33. The molecule has 1 heterocycles. The van der Waals surface area contributed by atoms with Crippen molar-refractivity contribution in [1.82, 2.24) is 10.6 Å². The zero-order valence-corrected chi connectivity index (χ0v) is 22.1. The summed E-state index contributed by atoms with van der Waals surface area (Å²) in [7, 11) is -1.32. The monoisotopic (exact) mass is 543 g/mol. The van der Waals surface area contributed by atoms with Crippen molar-refractivity contribution >= 4 is 21.4 Å². The molecule has 0 spiro atoms. The number of nitriles is 1. The van der Waals surface area contributed by atoms with E-state index in [1.165, 1.54) is 7.11 Å². The first-order valence-electron chi connectivity index (χ1n) is 12.4. The summed E-state index contributed by atoms with van der Waals surface area (Å²) in [6, 6.07) is 17.8. The molecular weight excluding hydrogens is 510 g/mol. The Kier molecular flexibility index (Phi) is 11.1. The minimum Gasteiger partial charge on any atom is -0.497 e. The second kappa shape index (κ2) is 14.5. The number of nitrogens with one attached hydrogen (secondary N) is 2. The summed E-state index contributed by atoms with van der Waals surface area (Å²) in [5, 5.41) is 26.2. The number of aliphatic hydroxyl groups excluding tert-OH is 1. The number of unbranched alkanes of at least 4 members (excludes halogenated alkanes) is 2. The van der Waals surface area contributed by atoms with Gasteiger partial charge in [-0.25, -0.2) is 4.79 Å². The van der Waals surface area contributed by atoms with Gasteiger partial charge in [0.1, 0.15) is 28.5 Å². The van der Waals surface area contributed by atoms with Gasteiger partial charge < -0.3 is 24.6 Å². The van der Waals surface area contributed by atoms with E-state index >= 15 is 0 Å². The van der Waals surface area contributed by atoms with Crippen molar-refractivity contribution in [3.63, 3.8) is 0 Å². The van der Waals surface area contributed by atoms with Gasteiger partial charge in [-0.05, 0) is 36.1 Å². The molecule has 1 saturated heterocycles. The van der Waals surface area contributed by atoms with Crippen LogP contribution in [0, 0.1) is 11.3 Å². The number of aliphatic hydroxyl groups is 1. The largest absolute Gasteiger partial charge is 0.497 e. The summed E-state index contributed by atoms with van der Waals surface area (Å²) >= 11 is 0. The molecule has 2 aromatic rings. The predicted octanol–water partition coefficient (Wildman–Crippen LogP) is 2.30. The quantitative estimate of drug-likeness (QED) is 0.271. The van der Waals surface area contributed by atoms with Gasteiger partial charge in [0.05, 0.1) is 26.4 Å². The topological polar surface area (TPSA) is 147 Å². The number of nitrogens with zero attached hydrogens (tertiary/aromatic N) is 1. The Labute approximate surface area is 224 Å². The number of hydrogen-bond donors (Lipinski definition) is 3. The molecule has 1 fully saturated rings. The molecule has 0 saturated carbocycles.